The first-order chi connectivity index (χ1) is 9.24. The van der Waals surface area contributed by atoms with E-state index in [0.29, 0.717) is 6.04 Å². The molecule has 1 aromatic carbocycles. The van der Waals surface area contributed by atoms with E-state index in [4.69, 9.17) is 0 Å². The first-order valence-corrected chi connectivity index (χ1v) is 6.75. The van der Waals surface area contributed by atoms with E-state index in [1.165, 1.54) is 6.42 Å². The van der Waals surface area contributed by atoms with Crippen LogP contribution in [0.3, 0.4) is 0 Å². The second-order valence-corrected chi connectivity index (χ2v) is 5.18. The van der Waals surface area contributed by atoms with Gasteiger partial charge in [-0.25, -0.2) is 9.37 Å². The van der Waals surface area contributed by atoms with Crippen LogP contribution < -0.4 is 5.32 Å². The highest BCUT2D eigenvalue weighted by molar-refractivity contribution is 5.57. The molecule has 100 valence electrons. The number of hydrogen-bond donors (Lipinski definition) is 1. The number of nitrogens with zero attached hydrogens (tertiary/aromatic N) is 2. The van der Waals surface area contributed by atoms with E-state index in [1.807, 2.05) is 19.2 Å². The summed E-state index contributed by atoms with van der Waals surface area (Å²) < 4.78 is 15.7. The minimum absolute atomic E-state index is 0.202. The summed E-state index contributed by atoms with van der Waals surface area (Å²) in [6, 6.07) is 5.49. The van der Waals surface area contributed by atoms with Crippen molar-refractivity contribution in [3.05, 3.63) is 42.0 Å². The van der Waals surface area contributed by atoms with Gasteiger partial charge in [-0.2, -0.15) is 0 Å². The van der Waals surface area contributed by atoms with Crippen molar-refractivity contribution in [2.24, 2.45) is 0 Å². The van der Waals surface area contributed by atoms with E-state index in [9.17, 15) is 4.39 Å². The second-order valence-electron chi connectivity index (χ2n) is 5.18. The van der Waals surface area contributed by atoms with Crippen LogP contribution in [0.2, 0.25) is 0 Å². The van der Waals surface area contributed by atoms with Gasteiger partial charge in [0.15, 0.2) is 0 Å². The van der Waals surface area contributed by atoms with Crippen LogP contribution in [0.25, 0.3) is 11.4 Å². The third-order valence-corrected chi connectivity index (χ3v) is 3.63. The third-order valence-electron chi connectivity index (χ3n) is 3.63. The molecule has 1 aliphatic heterocycles. The monoisotopic (exact) mass is 259 g/mol. The van der Waals surface area contributed by atoms with Gasteiger partial charge in [0.05, 0.1) is 0 Å². The molecule has 3 rings (SSSR count). The van der Waals surface area contributed by atoms with Gasteiger partial charge in [-0.1, -0.05) is 0 Å². The number of hydrogen-bond acceptors (Lipinski definition) is 2. The maximum absolute atomic E-state index is 13.5. The zero-order valence-electron chi connectivity index (χ0n) is 11.1. The summed E-state index contributed by atoms with van der Waals surface area (Å²) >= 11 is 0. The van der Waals surface area contributed by atoms with Gasteiger partial charge in [0.2, 0.25) is 0 Å². The highest BCUT2D eigenvalue weighted by atomic mass is 19.1. The topological polar surface area (TPSA) is 29.9 Å². The molecular weight excluding hydrogens is 241 g/mol. The van der Waals surface area contributed by atoms with E-state index in [-0.39, 0.29) is 5.82 Å². The Morgan fingerprint density at radius 3 is 3.00 bits per heavy atom. The summed E-state index contributed by atoms with van der Waals surface area (Å²) in [4.78, 5) is 4.41. The molecule has 4 heteroatoms. The Morgan fingerprint density at radius 2 is 2.26 bits per heavy atom. The molecule has 3 nitrogen and oxygen atoms in total. The smallest absolute Gasteiger partial charge is 0.140 e. The molecule has 1 saturated heterocycles. The van der Waals surface area contributed by atoms with Gasteiger partial charge < -0.3 is 9.88 Å². The van der Waals surface area contributed by atoms with Crippen LogP contribution >= 0.6 is 0 Å². The SMILES string of the molecule is Cc1cc(F)cc(-c2nccn2[C@@H]2CCCNC2)c1. The fraction of sp³-hybridized carbons (Fsp3) is 0.400. The number of aryl methyl sites for hydroxylation is 1. The Morgan fingerprint density at radius 1 is 1.37 bits per heavy atom. The first kappa shape index (κ1) is 12.4. The highest BCUT2D eigenvalue weighted by Gasteiger charge is 2.18. The van der Waals surface area contributed by atoms with Crippen LogP contribution in [-0.2, 0) is 0 Å². The molecular formula is C15H18FN3. The number of imidazole rings is 1. The average Bonchev–Trinajstić information content (AvgIpc) is 2.88. The maximum atomic E-state index is 13.5. The normalized spacial score (nSPS) is 19.6. The maximum Gasteiger partial charge on any atom is 0.140 e. The van der Waals surface area contributed by atoms with Crippen molar-refractivity contribution in [3.8, 4) is 11.4 Å². The zero-order valence-corrected chi connectivity index (χ0v) is 11.1. The Hall–Kier alpha value is -1.68. The molecule has 0 unspecified atom stereocenters. The summed E-state index contributed by atoms with van der Waals surface area (Å²) in [6.07, 6.45) is 6.10. The summed E-state index contributed by atoms with van der Waals surface area (Å²) in [5.41, 5.74) is 1.78. The highest BCUT2D eigenvalue weighted by Crippen LogP contribution is 2.26. The van der Waals surface area contributed by atoms with Gasteiger partial charge in [-0.05, 0) is 50.1 Å². The van der Waals surface area contributed by atoms with E-state index >= 15 is 0 Å². The van der Waals surface area contributed by atoms with Crippen LogP contribution in [0.4, 0.5) is 4.39 Å². The number of benzene rings is 1. The average molecular weight is 259 g/mol. The van der Waals surface area contributed by atoms with Crippen LogP contribution in [-0.4, -0.2) is 22.6 Å². The molecule has 1 fully saturated rings. The molecule has 1 N–H and O–H groups in total. The molecule has 0 radical (unpaired) electrons. The lowest BCUT2D eigenvalue weighted by Gasteiger charge is -2.25. The minimum atomic E-state index is -0.202. The van der Waals surface area contributed by atoms with E-state index in [0.717, 1.165) is 36.5 Å². The van der Waals surface area contributed by atoms with Crippen molar-refractivity contribution in [3.63, 3.8) is 0 Å². The van der Waals surface area contributed by atoms with E-state index in [2.05, 4.69) is 14.9 Å². The fourth-order valence-corrected chi connectivity index (χ4v) is 2.77. The summed E-state index contributed by atoms with van der Waals surface area (Å²) in [5, 5.41) is 3.40. The van der Waals surface area contributed by atoms with Gasteiger partial charge in [0.1, 0.15) is 11.6 Å². The predicted octanol–water partition coefficient (Wildman–Crippen LogP) is 2.92. The van der Waals surface area contributed by atoms with Gasteiger partial charge in [-0.3, -0.25) is 0 Å². The summed E-state index contributed by atoms with van der Waals surface area (Å²) in [5.74, 6) is 0.655. The molecule has 2 heterocycles. The van der Waals surface area contributed by atoms with Crippen LogP contribution in [0.5, 0.6) is 0 Å². The number of nitrogens with one attached hydrogen (secondary N) is 1. The van der Waals surface area contributed by atoms with Crippen molar-refractivity contribution in [1.29, 1.82) is 0 Å². The molecule has 19 heavy (non-hydrogen) atoms. The fourth-order valence-electron chi connectivity index (χ4n) is 2.77. The van der Waals surface area contributed by atoms with Gasteiger partial charge >= 0.3 is 0 Å². The number of rotatable bonds is 2. The molecule has 0 saturated carbocycles. The summed E-state index contributed by atoms with van der Waals surface area (Å²) in [7, 11) is 0. The lowest BCUT2D eigenvalue weighted by molar-refractivity contribution is 0.374. The zero-order chi connectivity index (χ0) is 13.2. The van der Waals surface area contributed by atoms with Gasteiger partial charge in [-0.15, -0.1) is 0 Å². The number of piperidine rings is 1. The van der Waals surface area contributed by atoms with E-state index in [1.54, 1.807) is 18.3 Å². The number of halogens is 1. The molecule has 0 amide bonds. The predicted molar refractivity (Wildman–Crippen MR) is 73.5 cm³/mol. The first-order valence-electron chi connectivity index (χ1n) is 6.75. The van der Waals surface area contributed by atoms with Crippen molar-refractivity contribution < 1.29 is 4.39 Å². The number of aromatic nitrogens is 2. The molecule has 0 bridgehead atoms. The molecule has 0 spiro atoms. The largest absolute Gasteiger partial charge is 0.327 e. The molecule has 1 atom stereocenters. The van der Waals surface area contributed by atoms with Crippen molar-refractivity contribution in [2.45, 2.75) is 25.8 Å². The van der Waals surface area contributed by atoms with Crippen LogP contribution in [0.1, 0.15) is 24.4 Å². The van der Waals surface area contributed by atoms with E-state index < -0.39 is 0 Å². The van der Waals surface area contributed by atoms with Gasteiger partial charge in [0.25, 0.3) is 0 Å². The van der Waals surface area contributed by atoms with Crippen LogP contribution in [0, 0.1) is 12.7 Å². The lowest BCUT2D eigenvalue weighted by Crippen LogP contribution is -2.31. The molecule has 2 aromatic rings. The van der Waals surface area contributed by atoms with Crippen LogP contribution in [0.15, 0.2) is 30.6 Å². The Bertz CT molecular complexity index is 550. The van der Waals surface area contributed by atoms with Crippen molar-refractivity contribution >= 4 is 0 Å². The molecule has 1 aromatic heterocycles. The lowest BCUT2D eigenvalue weighted by atomic mass is 10.1. The van der Waals surface area contributed by atoms with Crippen molar-refractivity contribution in [2.75, 3.05) is 13.1 Å². The second kappa shape index (κ2) is 5.13. The quantitative estimate of drug-likeness (QED) is 0.898. The minimum Gasteiger partial charge on any atom is -0.327 e. The Balaban J connectivity index is 1.98. The van der Waals surface area contributed by atoms with Gasteiger partial charge in [0, 0.05) is 30.5 Å². The molecule has 0 aliphatic carbocycles. The Labute approximate surface area is 112 Å². The summed E-state index contributed by atoms with van der Waals surface area (Å²) in [6.45, 7) is 3.94. The van der Waals surface area contributed by atoms with Crippen molar-refractivity contribution in [1.82, 2.24) is 14.9 Å². The third kappa shape index (κ3) is 2.54. The Kier molecular flexibility index (Phi) is 3.34. The molecule has 1 aliphatic rings. The standard InChI is InChI=1S/C15H18FN3/c1-11-7-12(9-13(16)8-11)15-18-5-6-19(15)14-3-2-4-17-10-14/h5-9,14,17H,2-4,10H2,1H3/t14-/m1/s1.